The molecule has 0 aliphatic heterocycles. The van der Waals surface area contributed by atoms with Crippen molar-refractivity contribution in [2.45, 2.75) is 33.8 Å². The second-order valence-corrected chi connectivity index (χ2v) is 7.70. The van der Waals surface area contributed by atoms with Crippen molar-refractivity contribution in [3.8, 4) is 5.75 Å². The van der Waals surface area contributed by atoms with E-state index in [1.807, 2.05) is 45.9 Å². The monoisotopic (exact) mass is 432 g/mol. The Kier molecular flexibility index (Phi) is 7.02. The van der Waals surface area contributed by atoms with Gasteiger partial charge in [-0.25, -0.2) is 0 Å². The molecule has 0 bridgehead atoms. The largest absolute Gasteiger partial charge is 0.490 e. The van der Waals surface area contributed by atoms with Crippen LogP contribution in [0.2, 0.25) is 0 Å². The van der Waals surface area contributed by atoms with Crippen molar-refractivity contribution < 1.29 is 14.3 Å². The Morgan fingerprint density at radius 1 is 1.15 bits per heavy atom. The van der Waals surface area contributed by atoms with Gasteiger partial charge in [0.05, 0.1) is 18.2 Å². The van der Waals surface area contributed by atoms with E-state index in [2.05, 4.69) is 21.2 Å². The Labute approximate surface area is 168 Å². The minimum Gasteiger partial charge on any atom is -0.490 e. The van der Waals surface area contributed by atoms with Crippen molar-refractivity contribution in [3.63, 3.8) is 0 Å². The van der Waals surface area contributed by atoms with Gasteiger partial charge in [0.2, 0.25) is 5.91 Å². The first kappa shape index (κ1) is 21.0. The standard InChI is InChI=1S/C21H25BrN2O3/c1-13(2)27-18-11-16(22)9-10-17(18)21(26)24(5)12-19(25)23-20-14(3)7-6-8-15(20)4/h6-11,13H,12H2,1-5H3,(H,23,25). The smallest absolute Gasteiger partial charge is 0.257 e. The summed E-state index contributed by atoms with van der Waals surface area (Å²) >= 11 is 3.39. The molecule has 0 fully saturated rings. The highest BCUT2D eigenvalue weighted by Gasteiger charge is 2.20. The van der Waals surface area contributed by atoms with Crippen molar-refractivity contribution in [2.75, 3.05) is 18.9 Å². The van der Waals surface area contributed by atoms with E-state index in [9.17, 15) is 9.59 Å². The van der Waals surface area contributed by atoms with Crippen LogP contribution in [0.5, 0.6) is 5.75 Å². The van der Waals surface area contributed by atoms with Crippen molar-refractivity contribution >= 4 is 33.4 Å². The van der Waals surface area contributed by atoms with Crippen LogP contribution in [0.3, 0.4) is 0 Å². The summed E-state index contributed by atoms with van der Waals surface area (Å²) in [5, 5.41) is 2.90. The summed E-state index contributed by atoms with van der Waals surface area (Å²) in [7, 11) is 1.60. The minimum atomic E-state index is -0.269. The fraction of sp³-hybridized carbons (Fsp3) is 0.333. The Morgan fingerprint density at radius 2 is 1.78 bits per heavy atom. The quantitative estimate of drug-likeness (QED) is 0.727. The molecule has 5 nitrogen and oxygen atoms in total. The third-order valence-electron chi connectivity index (χ3n) is 4.01. The van der Waals surface area contributed by atoms with Gasteiger partial charge in [0.1, 0.15) is 5.75 Å². The van der Waals surface area contributed by atoms with Crippen LogP contribution in [0.1, 0.15) is 35.3 Å². The van der Waals surface area contributed by atoms with E-state index < -0.39 is 0 Å². The lowest BCUT2D eigenvalue weighted by Crippen LogP contribution is -2.35. The van der Waals surface area contributed by atoms with E-state index in [0.717, 1.165) is 21.3 Å². The van der Waals surface area contributed by atoms with Gasteiger partial charge < -0.3 is 15.0 Å². The molecular weight excluding hydrogens is 408 g/mol. The van der Waals surface area contributed by atoms with Crippen molar-refractivity contribution in [2.24, 2.45) is 0 Å². The van der Waals surface area contributed by atoms with Gasteiger partial charge in [-0.1, -0.05) is 34.1 Å². The Bertz CT molecular complexity index is 829. The molecule has 0 saturated carbocycles. The molecule has 27 heavy (non-hydrogen) atoms. The van der Waals surface area contributed by atoms with Gasteiger partial charge in [-0.2, -0.15) is 0 Å². The van der Waals surface area contributed by atoms with E-state index in [4.69, 9.17) is 4.74 Å². The van der Waals surface area contributed by atoms with E-state index in [1.54, 1.807) is 25.2 Å². The number of benzene rings is 2. The summed E-state index contributed by atoms with van der Waals surface area (Å²) < 4.78 is 6.58. The highest BCUT2D eigenvalue weighted by Crippen LogP contribution is 2.26. The van der Waals surface area contributed by atoms with E-state index >= 15 is 0 Å². The second kappa shape index (κ2) is 9.04. The molecular formula is C21H25BrN2O3. The predicted octanol–water partition coefficient (Wildman–Crippen LogP) is 4.56. The summed E-state index contributed by atoms with van der Waals surface area (Å²) in [6.07, 6.45) is -0.0662. The van der Waals surface area contributed by atoms with Crippen LogP contribution >= 0.6 is 15.9 Å². The number of carbonyl (C=O) groups excluding carboxylic acids is 2. The summed E-state index contributed by atoms with van der Waals surface area (Å²) in [5.74, 6) is -0.0205. The van der Waals surface area contributed by atoms with Gasteiger partial charge in [0.25, 0.3) is 5.91 Å². The van der Waals surface area contributed by atoms with Gasteiger partial charge in [0.15, 0.2) is 0 Å². The van der Waals surface area contributed by atoms with E-state index in [1.165, 1.54) is 4.90 Å². The maximum atomic E-state index is 12.8. The van der Waals surface area contributed by atoms with Gasteiger partial charge in [-0.3, -0.25) is 9.59 Å². The number of nitrogens with zero attached hydrogens (tertiary/aromatic N) is 1. The molecule has 0 aliphatic carbocycles. The van der Waals surface area contributed by atoms with Crippen LogP contribution < -0.4 is 10.1 Å². The molecule has 0 atom stereocenters. The van der Waals surface area contributed by atoms with E-state index in [-0.39, 0.29) is 24.5 Å². The van der Waals surface area contributed by atoms with Crippen molar-refractivity contribution in [1.29, 1.82) is 0 Å². The number of aryl methyl sites for hydroxylation is 2. The summed E-state index contributed by atoms with van der Waals surface area (Å²) in [6, 6.07) is 11.1. The Balaban J connectivity index is 2.13. The first-order chi connectivity index (χ1) is 12.7. The van der Waals surface area contributed by atoms with Crippen LogP contribution in [-0.4, -0.2) is 36.4 Å². The SMILES string of the molecule is Cc1cccc(C)c1NC(=O)CN(C)C(=O)c1ccc(Br)cc1OC(C)C. The number of nitrogens with one attached hydrogen (secondary N) is 1. The number of ether oxygens (including phenoxy) is 1. The third-order valence-corrected chi connectivity index (χ3v) is 4.50. The molecule has 2 aromatic rings. The fourth-order valence-electron chi connectivity index (χ4n) is 2.71. The average molecular weight is 433 g/mol. The molecule has 0 spiro atoms. The highest BCUT2D eigenvalue weighted by atomic mass is 79.9. The Hall–Kier alpha value is -2.34. The minimum absolute atomic E-state index is 0.0518. The van der Waals surface area contributed by atoms with Crippen LogP contribution in [-0.2, 0) is 4.79 Å². The maximum Gasteiger partial charge on any atom is 0.257 e. The summed E-state index contributed by atoms with van der Waals surface area (Å²) in [5.41, 5.74) is 3.18. The number of para-hydroxylation sites is 1. The lowest BCUT2D eigenvalue weighted by Gasteiger charge is -2.20. The normalized spacial score (nSPS) is 10.6. The molecule has 1 N–H and O–H groups in total. The van der Waals surface area contributed by atoms with Crippen molar-refractivity contribution in [3.05, 3.63) is 57.6 Å². The first-order valence-electron chi connectivity index (χ1n) is 8.76. The van der Waals surface area contributed by atoms with Crippen LogP contribution in [0, 0.1) is 13.8 Å². The number of hydrogen-bond acceptors (Lipinski definition) is 3. The van der Waals surface area contributed by atoms with Crippen LogP contribution in [0.4, 0.5) is 5.69 Å². The van der Waals surface area contributed by atoms with Gasteiger partial charge in [0, 0.05) is 17.2 Å². The lowest BCUT2D eigenvalue weighted by molar-refractivity contribution is -0.116. The second-order valence-electron chi connectivity index (χ2n) is 6.78. The number of halogens is 1. The zero-order valence-corrected chi connectivity index (χ0v) is 17.9. The molecule has 0 aliphatic rings. The summed E-state index contributed by atoms with van der Waals surface area (Å²) in [6.45, 7) is 7.63. The molecule has 2 amide bonds. The van der Waals surface area contributed by atoms with Gasteiger partial charge in [-0.05, 0) is 57.0 Å². The van der Waals surface area contributed by atoms with Gasteiger partial charge in [-0.15, -0.1) is 0 Å². The summed E-state index contributed by atoms with van der Waals surface area (Å²) in [4.78, 5) is 26.7. The van der Waals surface area contributed by atoms with Crippen LogP contribution in [0.25, 0.3) is 0 Å². The molecule has 0 heterocycles. The third kappa shape index (κ3) is 5.57. The molecule has 0 radical (unpaired) electrons. The predicted molar refractivity (Wildman–Crippen MR) is 111 cm³/mol. The van der Waals surface area contributed by atoms with Crippen molar-refractivity contribution in [1.82, 2.24) is 4.90 Å². The fourth-order valence-corrected chi connectivity index (χ4v) is 3.05. The number of anilines is 1. The zero-order valence-electron chi connectivity index (χ0n) is 16.3. The molecule has 2 rings (SSSR count). The maximum absolute atomic E-state index is 12.8. The number of rotatable bonds is 6. The topological polar surface area (TPSA) is 58.6 Å². The van der Waals surface area contributed by atoms with Gasteiger partial charge >= 0.3 is 0 Å². The number of likely N-dealkylation sites (N-methyl/N-ethyl adjacent to an activating group) is 1. The lowest BCUT2D eigenvalue weighted by atomic mass is 10.1. The van der Waals surface area contributed by atoms with Crippen LogP contribution in [0.15, 0.2) is 40.9 Å². The molecule has 144 valence electrons. The molecule has 0 saturated heterocycles. The Morgan fingerprint density at radius 3 is 2.37 bits per heavy atom. The average Bonchev–Trinajstić information content (AvgIpc) is 2.57. The highest BCUT2D eigenvalue weighted by molar-refractivity contribution is 9.10. The van der Waals surface area contributed by atoms with E-state index in [0.29, 0.717) is 11.3 Å². The molecule has 0 aromatic heterocycles. The molecule has 2 aromatic carbocycles. The number of amides is 2. The number of hydrogen-bond donors (Lipinski definition) is 1. The zero-order chi connectivity index (χ0) is 20.1. The molecule has 0 unspecified atom stereocenters. The molecule has 6 heteroatoms. The first-order valence-corrected chi connectivity index (χ1v) is 9.56. The number of carbonyl (C=O) groups is 2.